The van der Waals surface area contributed by atoms with Gasteiger partial charge in [-0.05, 0) is 38.3 Å². The van der Waals surface area contributed by atoms with Crippen LogP contribution in [0.25, 0.3) is 0 Å². The molecule has 1 atom stereocenters. The lowest BCUT2D eigenvalue weighted by Gasteiger charge is -2.39. The Morgan fingerprint density at radius 2 is 1.94 bits per heavy atom. The summed E-state index contributed by atoms with van der Waals surface area (Å²) >= 11 is 0. The van der Waals surface area contributed by atoms with Gasteiger partial charge in [0.25, 0.3) is 0 Å². The van der Waals surface area contributed by atoms with Crippen LogP contribution in [0.1, 0.15) is 32.6 Å². The fraction of sp³-hybridized carbons (Fsp3) is 1.00. The lowest BCUT2D eigenvalue weighted by Crippen LogP contribution is -2.53. The molecule has 0 aromatic heterocycles. The Hall–Kier alpha value is -0.120. The Balaban J connectivity index is 1.80. The molecule has 2 aliphatic rings. The van der Waals surface area contributed by atoms with Crippen molar-refractivity contribution in [3.8, 4) is 0 Å². The lowest BCUT2D eigenvalue weighted by atomic mass is 9.96. The van der Waals surface area contributed by atoms with Gasteiger partial charge in [0.05, 0.1) is 0 Å². The molecule has 2 heterocycles. The molecule has 3 heteroatoms. The van der Waals surface area contributed by atoms with Gasteiger partial charge >= 0.3 is 0 Å². The summed E-state index contributed by atoms with van der Waals surface area (Å²) in [5, 5.41) is 6.99. The number of piperidine rings is 1. The first-order chi connectivity index (χ1) is 7.90. The molecule has 0 aliphatic carbocycles. The Morgan fingerprint density at radius 3 is 2.69 bits per heavy atom. The highest BCUT2D eigenvalue weighted by Gasteiger charge is 2.24. The highest BCUT2D eigenvalue weighted by molar-refractivity contribution is 4.82. The second-order valence-corrected chi connectivity index (χ2v) is 5.33. The van der Waals surface area contributed by atoms with Crippen molar-refractivity contribution < 1.29 is 0 Å². The summed E-state index contributed by atoms with van der Waals surface area (Å²) < 4.78 is 0. The van der Waals surface area contributed by atoms with Gasteiger partial charge in [-0.15, -0.1) is 0 Å². The largest absolute Gasteiger partial charge is 0.317 e. The van der Waals surface area contributed by atoms with E-state index in [9.17, 15) is 0 Å². The predicted molar refractivity (Wildman–Crippen MR) is 68.7 cm³/mol. The second-order valence-electron chi connectivity index (χ2n) is 5.33. The fourth-order valence-corrected chi connectivity index (χ4v) is 3.06. The average Bonchev–Trinajstić information content (AvgIpc) is 2.33. The number of nitrogens with zero attached hydrogens (tertiary/aromatic N) is 1. The summed E-state index contributed by atoms with van der Waals surface area (Å²) in [6, 6.07) is 0.800. The van der Waals surface area contributed by atoms with E-state index in [0.717, 1.165) is 12.0 Å². The smallest absolute Gasteiger partial charge is 0.0221 e. The van der Waals surface area contributed by atoms with Crippen molar-refractivity contribution in [3.63, 3.8) is 0 Å². The first-order valence-electron chi connectivity index (χ1n) is 7.05. The van der Waals surface area contributed by atoms with Crippen molar-refractivity contribution >= 4 is 0 Å². The van der Waals surface area contributed by atoms with Crippen molar-refractivity contribution in [2.24, 2.45) is 5.92 Å². The quantitative estimate of drug-likeness (QED) is 0.749. The minimum absolute atomic E-state index is 0.800. The topological polar surface area (TPSA) is 27.3 Å². The lowest BCUT2D eigenvalue weighted by molar-refractivity contribution is 0.119. The van der Waals surface area contributed by atoms with E-state index >= 15 is 0 Å². The third kappa shape index (κ3) is 3.44. The molecule has 0 saturated carbocycles. The molecule has 2 aliphatic heterocycles. The molecule has 16 heavy (non-hydrogen) atoms. The number of nitrogens with one attached hydrogen (secondary N) is 2. The van der Waals surface area contributed by atoms with Gasteiger partial charge in [0, 0.05) is 32.2 Å². The van der Waals surface area contributed by atoms with E-state index in [-0.39, 0.29) is 0 Å². The first kappa shape index (κ1) is 12.3. The Bertz CT molecular complexity index is 188. The minimum atomic E-state index is 0.800. The molecule has 2 N–H and O–H groups in total. The molecule has 0 aromatic carbocycles. The number of piperazine rings is 1. The molecule has 2 rings (SSSR count). The van der Waals surface area contributed by atoms with E-state index in [2.05, 4.69) is 22.5 Å². The zero-order valence-corrected chi connectivity index (χ0v) is 10.7. The van der Waals surface area contributed by atoms with Crippen LogP contribution in [0.2, 0.25) is 0 Å². The molecule has 2 fully saturated rings. The SMILES string of the molecule is CCCC1CNCCN1CC1CCNCC1. The van der Waals surface area contributed by atoms with Gasteiger partial charge in [0.15, 0.2) is 0 Å². The molecule has 0 bridgehead atoms. The van der Waals surface area contributed by atoms with Gasteiger partial charge in [-0.2, -0.15) is 0 Å². The predicted octanol–water partition coefficient (Wildman–Crippen LogP) is 1.06. The molecular formula is C13H27N3. The number of hydrogen-bond acceptors (Lipinski definition) is 3. The highest BCUT2D eigenvalue weighted by Crippen LogP contribution is 2.17. The average molecular weight is 225 g/mol. The first-order valence-corrected chi connectivity index (χ1v) is 7.05. The molecule has 2 saturated heterocycles. The standard InChI is InChI=1S/C13H27N3/c1-2-3-13-10-15-8-9-16(13)11-12-4-6-14-7-5-12/h12-15H,2-11H2,1H3. The summed E-state index contributed by atoms with van der Waals surface area (Å²) in [5.41, 5.74) is 0. The van der Waals surface area contributed by atoms with E-state index in [4.69, 9.17) is 0 Å². The van der Waals surface area contributed by atoms with E-state index in [0.29, 0.717) is 0 Å². The van der Waals surface area contributed by atoms with Gasteiger partial charge in [0.2, 0.25) is 0 Å². The van der Waals surface area contributed by atoms with Crippen LogP contribution >= 0.6 is 0 Å². The van der Waals surface area contributed by atoms with Crippen LogP contribution < -0.4 is 10.6 Å². The zero-order chi connectivity index (χ0) is 11.2. The molecule has 94 valence electrons. The third-order valence-corrected chi connectivity index (χ3v) is 4.05. The maximum absolute atomic E-state index is 3.53. The van der Waals surface area contributed by atoms with E-state index in [1.54, 1.807) is 0 Å². The van der Waals surface area contributed by atoms with Crippen LogP contribution in [-0.4, -0.2) is 50.2 Å². The van der Waals surface area contributed by atoms with Crippen LogP contribution in [0.5, 0.6) is 0 Å². The molecule has 0 amide bonds. The number of hydrogen-bond donors (Lipinski definition) is 2. The molecular weight excluding hydrogens is 198 g/mol. The normalized spacial score (nSPS) is 29.4. The maximum atomic E-state index is 3.53. The van der Waals surface area contributed by atoms with Crippen LogP contribution in [0.3, 0.4) is 0 Å². The zero-order valence-electron chi connectivity index (χ0n) is 10.7. The van der Waals surface area contributed by atoms with E-state index in [1.807, 2.05) is 0 Å². The van der Waals surface area contributed by atoms with Gasteiger partial charge in [-0.1, -0.05) is 13.3 Å². The molecule has 3 nitrogen and oxygen atoms in total. The van der Waals surface area contributed by atoms with Crippen molar-refractivity contribution in [1.82, 2.24) is 15.5 Å². The van der Waals surface area contributed by atoms with Crippen molar-refractivity contribution in [2.75, 3.05) is 39.3 Å². The molecule has 1 unspecified atom stereocenters. The van der Waals surface area contributed by atoms with Gasteiger partial charge in [0.1, 0.15) is 0 Å². The third-order valence-electron chi connectivity index (χ3n) is 4.05. The summed E-state index contributed by atoms with van der Waals surface area (Å²) in [6.07, 6.45) is 5.43. The Kier molecular flexibility index (Phi) is 5.07. The van der Waals surface area contributed by atoms with E-state index in [1.165, 1.54) is 65.0 Å². The molecule has 0 radical (unpaired) electrons. The Labute approximate surface area is 100.0 Å². The van der Waals surface area contributed by atoms with Crippen molar-refractivity contribution in [1.29, 1.82) is 0 Å². The monoisotopic (exact) mass is 225 g/mol. The summed E-state index contributed by atoms with van der Waals surface area (Å²) in [5.74, 6) is 0.943. The summed E-state index contributed by atoms with van der Waals surface area (Å²) in [7, 11) is 0. The molecule has 0 aromatic rings. The minimum Gasteiger partial charge on any atom is -0.317 e. The van der Waals surface area contributed by atoms with Crippen molar-refractivity contribution in [3.05, 3.63) is 0 Å². The molecule has 0 spiro atoms. The number of rotatable bonds is 4. The summed E-state index contributed by atoms with van der Waals surface area (Å²) in [4.78, 5) is 2.75. The second kappa shape index (κ2) is 6.58. The van der Waals surface area contributed by atoms with Crippen LogP contribution in [0, 0.1) is 5.92 Å². The summed E-state index contributed by atoms with van der Waals surface area (Å²) in [6.45, 7) is 9.76. The highest BCUT2D eigenvalue weighted by atomic mass is 15.2. The maximum Gasteiger partial charge on any atom is 0.0221 e. The van der Waals surface area contributed by atoms with Gasteiger partial charge < -0.3 is 10.6 Å². The fourth-order valence-electron chi connectivity index (χ4n) is 3.06. The van der Waals surface area contributed by atoms with Crippen LogP contribution in [0.15, 0.2) is 0 Å². The van der Waals surface area contributed by atoms with E-state index < -0.39 is 0 Å². The van der Waals surface area contributed by atoms with Gasteiger partial charge in [-0.25, -0.2) is 0 Å². The van der Waals surface area contributed by atoms with Gasteiger partial charge in [-0.3, -0.25) is 4.90 Å². The van der Waals surface area contributed by atoms with Crippen LogP contribution in [-0.2, 0) is 0 Å². The van der Waals surface area contributed by atoms with Crippen molar-refractivity contribution in [2.45, 2.75) is 38.6 Å². The Morgan fingerprint density at radius 1 is 1.12 bits per heavy atom. The van der Waals surface area contributed by atoms with Crippen LogP contribution in [0.4, 0.5) is 0 Å².